The number of nitrogens with one attached hydrogen (secondary N) is 2. The molecule has 1 aliphatic carbocycles. The topological polar surface area (TPSA) is 70.6 Å². The molecule has 0 spiro atoms. The zero-order chi connectivity index (χ0) is 18.0. The fourth-order valence-electron chi connectivity index (χ4n) is 4.70. The maximum atomic E-state index is 11.6. The molecule has 25 heavy (non-hydrogen) atoms. The fraction of sp³-hybridized carbons (Fsp3) is 0.944. The van der Waals surface area contributed by atoms with E-state index in [1.807, 2.05) is 0 Å². The van der Waals surface area contributed by atoms with Crippen molar-refractivity contribution in [3.63, 3.8) is 0 Å². The van der Waals surface area contributed by atoms with Crippen molar-refractivity contribution in [3.8, 4) is 0 Å². The van der Waals surface area contributed by atoms with Crippen LogP contribution in [0.1, 0.15) is 60.3 Å². The largest absolute Gasteiger partial charge is 0.357 e. The number of nitrogens with zero attached hydrogens (tertiary/aromatic N) is 1. The first-order valence-corrected chi connectivity index (χ1v) is 11.1. The number of hydrogen-bond acceptors (Lipinski definition) is 3. The van der Waals surface area contributed by atoms with E-state index >= 15 is 0 Å². The lowest BCUT2D eigenvalue weighted by Gasteiger charge is -2.45. The molecule has 1 heterocycles. The minimum atomic E-state index is -2.82. The standard InChI is InChI=1S/C18H35N3O2S.HI/c1-6-19-16(20-11-14-7-8-24(22,23)12-14)21-15-9-17(2,3)13-18(4,5)10-15;/h14-15H,6-13H2,1-5H3,(H2,19,20,21);1H. The minimum Gasteiger partial charge on any atom is -0.357 e. The molecule has 0 bridgehead atoms. The minimum absolute atomic E-state index is 0. The molecule has 0 amide bonds. The molecule has 1 unspecified atom stereocenters. The highest BCUT2D eigenvalue weighted by atomic mass is 127. The van der Waals surface area contributed by atoms with E-state index in [9.17, 15) is 8.42 Å². The Kier molecular flexibility index (Phi) is 8.05. The van der Waals surface area contributed by atoms with Crippen molar-refractivity contribution in [2.45, 2.75) is 66.3 Å². The zero-order valence-electron chi connectivity index (χ0n) is 16.4. The zero-order valence-corrected chi connectivity index (χ0v) is 19.5. The molecule has 0 aromatic heterocycles. The van der Waals surface area contributed by atoms with Crippen molar-refractivity contribution in [3.05, 3.63) is 0 Å². The van der Waals surface area contributed by atoms with Crippen LogP contribution in [0, 0.1) is 16.7 Å². The predicted octanol–water partition coefficient (Wildman–Crippen LogP) is 3.20. The average molecular weight is 485 g/mol. The van der Waals surface area contributed by atoms with Crippen LogP contribution in [0.2, 0.25) is 0 Å². The van der Waals surface area contributed by atoms with Crippen LogP contribution in [0.5, 0.6) is 0 Å². The predicted molar refractivity (Wildman–Crippen MR) is 116 cm³/mol. The summed E-state index contributed by atoms with van der Waals surface area (Å²) in [6, 6.07) is 0.411. The molecule has 2 rings (SSSR count). The van der Waals surface area contributed by atoms with E-state index in [4.69, 9.17) is 0 Å². The lowest BCUT2D eigenvalue weighted by Crippen LogP contribution is -2.50. The number of halogens is 1. The summed E-state index contributed by atoms with van der Waals surface area (Å²) in [7, 11) is -2.82. The van der Waals surface area contributed by atoms with E-state index in [0.717, 1.165) is 31.8 Å². The Labute approximate surface area is 171 Å². The van der Waals surface area contributed by atoms with Crippen LogP contribution in [-0.4, -0.2) is 45.0 Å². The Morgan fingerprint density at radius 3 is 2.24 bits per heavy atom. The molecular formula is C18H36IN3O2S. The Morgan fingerprint density at radius 2 is 1.76 bits per heavy atom. The molecule has 0 radical (unpaired) electrons. The summed E-state index contributed by atoms with van der Waals surface area (Å²) < 4.78 is 23.2. The normalized spacial score (nSPS) is 28.2. The molecule has 1 atom stereocenters. The fourth-order valence-corrected chi connectivity index (χ4v) is 6.55. The third kappa shape index (κ3) is 7.61. The van der Waals surface area contributed by atoms with Gasteiger partial charge < -0.3 is 10.6 Å². The Morgan fingerprint density at radius 1 is 1.16 bits per heavy atom. The first-order valence-electron chi connectivity index (χ1n) is 9.26. The van der Waals surface area contributed by atoms with Crippen LogP contribution in [0.4, 0.5) is 0 Å². The SMILES string of the molecule is CCNC(=NCC1CCS(=O)(=O)C1)NC1CC(C)(C)CC(C)(C)C1.I. The molecule has 1 saturated carbocycles. The summed E-state index contributed by atoms with van der Waals surface area (Å²) in [6.07, 6.45) is 4.26. The number of aliphatic imine (C=N–C) groups is 1. The van der Waals surface area contributed by atoms with Crippen LogP contribution < -0.4 is 10.6 Å². The van der Waals surface area contributed by atoms with E-state index < -0.39 is 9.84 Å². The van der Waals surface area contributed by atoms with E-state index in [0.29, 0.717) is 34.9 Å². The summed E-state index contributed by atoms with van der Waals surface area (Å²) in [5.41, 5.74) is 0.659. The molecule has 0 aromatic carbocycles. The maximum Gasteiger partial charge on any atom is 0.191 e. The van der Waals surface area contributed by atoms with Gasteiger partial charge in [0.15, 0.2) is 15.8 Å². The Bertz CT molecular complexity index is 557. The molecule has 2 N–H and O–H groups in total. The van der Waals surface area contributed by atoms with Gasteiger partial charge in [0.1, 0.15) is 0 Å². The molecule has 148 valence electrons. The van der Waals surface area contributed by atoms with Gasteiger partial charge in [-0.25, -0.2) is 8.42 Å². The van der Waals surface area contributed by atoms with Gasteiger partial charge in [-0.3, -0.25) is 4.99 Å². The van der Waals surface area contributed by atoms with Crippen LogP contribution in [-0.2, 0) is 9.84 Å². The molecule has 2 fully saturated rings. The molecule has 1 aliphatic heterocycles. The second-order valence-corrected chi connectivity index (χ2v) is 11.5. The Hall–Kier alpha value is -0.0500. The summed E-state index contributed by atoms with van der Waals surface area (Å²) in [5, 5.41) is 6.92. The first-order chi connectivity index (χ1) is 11.0. The highest BCUT2D eigenvalue weighted by Gasteiger charge is 2.38. The summed E-state index contributed by atoms with van der Waals surface area (Å²) >= 11 is 0. The van der Waals surface area contributed by atoms with Gasteiger partial charge in [-0.2, -0.15) is 0 Å². The second-order valence-electron chi connectivity index (χ2n) is 9.24. The molecule has 5 nitrogen and oxygen atoms in total. The van der Waals surface area contributed by atoms with Crippen LogP contribution in [0.15, 0.2) is 4.99 Å². The third-order valence-corrected chi connectivity index (χ3v) is 6.91. The van der Waals surface area contributed by atoms with Crippen molar-refractivity contribution in [2.75, 3.05) is 24.6 Å². The molecule has 2 aliphatic rings. The monoisotopic (exact) mass is 485 g/mol. The van der Waals surface area contributed by atoms with Crippen LogP contribution >= 0.6 is 24.0 Å². The first kappa shape index (κ1) is 23.0. The van der Waals surface area contributed by atoms with Crippen molar-refractivity contribution in [1.82, 2.24) is 10.6 Å². The van der Waals surface area contributed by atoms with Gasteiger partial charge >= 0.3 is 0 Å². The summed E-state index contributed by atoms with van der Waals surface area (Å²) in [4.78, 5) is 4.68. The van der Waals surface area contributed by atoms with Crippen molar-refractivity contribution >= 4 is 39.8 Å². The second kappa shape index (κ2) is 8.76. The van der Waals surface area contributed by atoms with Crippen molar-refractivity contribution in [1.29, 1.82) is 0 Å². The number of rotatable bonds is 4. The van der Waals surface area contributed by atoms with Crippen molar-refractivity contribution < 1.29 is 8.42 Å². The number of guanidine groups is 1. The van der Waals surface area contributed by atoms with E-state index in [2.05, 4.69) is 50.2 Å². The third-order valence-electron chi connectivity index (χ3n) is 5.07. The van der Waals surface area contributed by atoms with Gasteiger partial charge in [-0.1, -0.05) is 27.7 Å². The summed E-state index contributed by atoms with van der Waals surface area (Å²) in [6.45, 7) is 12.8. The Balaban J connectivity index is 0.00000312. The molecule has 0 aromatic rings. The van der Waals surface area contributed by atoms with E-state index in [1.165, 1.54) is 6.42 Å². The van der Waals surface area contributed by atoms with Crippen LogP contribution in [0.25, 0.3) is 0 Å². The van der Waals surface area contributed by atoms with Gasteiger partial charge in [0.25, 0.3) is 0 Å². The van der Waals surface area contributed by atoms with Gasteiger partial charge in [0.2, 0.25) is 0 Å². The highest BCUT2D eigenvalue weighted by molar-refractivity contribution is 14.0. The average Bonchev–Trinajstić information content (AvgIpc) is 2.72. The van der Waals surface area contributed by atoms with Gasteiger partial charge in [0, 0.05) is 19.1 Å². The van der Waals surface area contributed by atoms with Gasteiger partial charge in [0.05, 0.1) is 11.5 Å². The van der Waals surface area contributed by atoms with Gasteiger partial charge in [-0.15, -0.1) is 24.0 Å². The van der Waals surface area contributed by atoms with Crippen LogP contribution in [0.3, 0.4) is 0 Å². The lowest BCUT2D eigenvalue weighted by atomic mass is 9.63. The van der Waals surface area contributed by atoms with Gasteiger partial charge in [-0.05, 0) is 49.4 Å². The molecule has 7 heteroatoms. The maximum absolute atomic E-state index is 11.6. The lowest BCUT2D eigenvalue weighted by molar-refractivity contribution is 0.0918. The molecule has 1 saturated heterocycles. The highest BCUT2D eigenvalue weighted by Crippen LogP contribution is 2.45. The van der Waals surface area contributed by atoms with Crippen molar-refractivity contribution in [2.24, 2.45) is 21.7 Å². The summed E-state index contributed by atoms with van der Waals surface area (Å²) in [5.74, 6) is 1.62. The quantitative estimate of drug-likeness (QED) is 0.365. The molecular weight excluding hydrogens is 449 g/mol. The van der Waals surface area contributed by atoms with E-state index in [-0.39, 0.29) is 29.9 Å². The number of hydrogen-bond donors (Lipinski definition) is 2. The number of sulfone groups is 1. The van der Waals surface area contributed by atoms with E-state index in [1.54, 1.807) is 0 Å². The smallest absolute Gasteiger partial charge is 0.191 e.